The van der Waals surface area contributed by atoms with Crippen molar-refractivity contribution >= 4 is 17.5 Å². The Labute approximate surface area is 135 Å². The number of hydrogen-bond acceptors (Lipinski definition) is 4. The zero-order valence-corrected chi connectivity index (χ0v) is 13.5. The van der Waals surface area contributed by atoms with E-state index in [2.05, 4.69) is 4.98 Å². The van der Waals surface area contributed by atoms with E-state index in [0.29, 0.717) is 38.1 Å². The number of pyridine rings is 1. The standard InChI is InChI=1S/C17H21N3O3/c1-3-23-17(22)13-4-7-19(8-5-13)16(21)14-6-9-20-11-12(2)18-15(20)10-14/h6,9-11,13H,3-5,7-8H2,1-2H3. The highest BCUT2D eigenvalue weighted by atomic mass is 16.5. The van der Waals surface area contributed by atoms with Crippen molar-refractivity contribution in [3.63, 3.8) is 0 Å². The first kappa shape index (κ1) is 15.5. The largest absolute Gasteiger partial charge is 0.466 e. The third kappa shape index (κ3) is 3.21. The lowest BCUT2D eigenvalue weighted by atomic mass is 9.96. The van der Waals surface area contributed by atoms with Gasteiger partial charge in [0.15, 0.2) is 0 Å². The molecule has 23 heavy (non-hydrogen) atoms. The molecule has 1 saturated heterocycles. The minimum atomic E-state index is -0.145. The Morgan fingerprint density at radius 3 is 2.78 bits per heavy atom. The average Bonchev–Trinajstić information content (AvgIpc) is 2.93. The monoisotopic (exact) mass is 315 g/mol. The Kier molecular flexibility index (Phi) is 4.32. The maximum Gasteiger partial charge on any atom is 0.309 e. The molecule has 3 heterocycles. The van der Waals surface area contributed by atoms with E-state index >= 15 is 0 Å². The SMILES string of the molecule is CCOC(=O)C1CCN(C(=O)c2ccn3cc(C)nc3c2)CC1. The van der Waals surface area contributed by atoms with Gasteiger partial charge in [0.1, 0.15) is 5.65 Å². The molecular weight excluding hydrogens is 294 g/mol. The summed E-state index contributed by atoms with van der Waals surface area (Å²) in [4.78, 5) is 30.6. The zero-order valence-electron chi connectivity index (χ0n) is 13.5. The molecule has 2 aromatic heterocycles. The van der Waals surface area contributed by atoms with Gasteiger partial charge in [-0.05, 0) is 38.8 Å². The molecule has 0 bridgehead atoms. The lowest BCUT2D eigenvalue weighted by Gasteiger charge is -2.30. The summed E-state index contributed by atoms with van der Waals surface area (Å²) < 4.78 is 6.96. The minimum absolute atomic E-state index is 0.00420. The molecule has 6 nitrogen and oxygen atoms in total. The van der Waals surface area contributed by atoms with Gasteiger partial charge in [0.05, 0.1) is 18.2 Å². The number of hydrogen-bond donors (Lipinski definition) is 0. The Morgan fingerprint density at radius 2 is 2.09 bits per heavy atom. The Hall–Kier alpha value is -2.37. The van der Waals surface area contributed by atoms with Gasteiger partial charge >= 0.3 is 5.97 Å². The Bertz CT molecular complexity index is 730. The first-order chi connectivity index (χ1) is 11.1. The van der Waals surface area contributed by atoms with Crippen LogP contribution in [0.25, 0.3) is 5.65 Å². The molecule has 2 aromatic rings. The van der Waals surface area contributed by atoms with Crippen molar-refractivity contribution in [2.75, 3.05) is 19.7 Å². The van der Waals surface area contributed by atoms with Gasteiger partial charge < -0.3 is 14.0 Å². The fraction of sp³-hybridized carbons (Fsp3) is 0.471. The van der Waals surface area contributed by atoms with Gasteiger partial charge in [-0.3, -0.25) is 9.59 Å². The summed E-state index contributed by atoms with van der Waals surface area (Å²) in [6.07, 6.45) is 5.10. The number of rotatable bonds is 3. The van der Waals surface area contributed by atoms with Crippen molar-refractivity contribution in [1.82, 2.24) is 14.3 Å². The number of carbonyl (C=O) groups is 2. The molecule has 1 fully saturated rings. The average molecular weight is 315 g/mol. The van der Waals surface area contributed by atoms with Crippen molar-refractivity contribution in [3.05, 3.63) is 35.8 Å². The molecule has 0 N–H and O–H groups in total. The van der Waals surface area contributed by atoms with Gasteiger partial charge in [0.2, 0.25) is 0 Å². The lowest BCUT2D eigenvalue weighted by molar-refractivity contribution is -0.149. The number of carbonyl (C=O) groups excluding carboxylic acids is 2. The third-order valence-electron chi connectivity index (χ3n) is 4.23. The van der Waals surface area contributed by atoms with E-state index in [9.17, 15) is 9.59 Å². The van der Waals surface area contributed by atoms with Crippen LogP contribution in [0.4, 0.5) is 0 Å². The van der Waals surface area contributed by atoms with Crippen LogP contribution in [0.15, 0.2) is 24.5 Å². The summed E-state index contributed by atoms with van der Waals surface area (Å²) in [6.45, 7) is 5.31. The number of ether oxygens (including phenoxy) is 1. The van der Waals surface area contributed by atoms with Crippen molar-refractivity contribution in [3.8, 4) is 0 Å². The van der Waals surface area contributed by atoms with Crippen LogP contribution >= 0.6 is 0 Å². The van der Waals surface area contributed by atoms with Gasteiger partial charge in [0.25, 0.3) is 5.91 Å². The zero-order chi connectivity index (χ0) is 16.4. The van der Waals surface area contributed by atoms with Gasteiger partial charge in [-0.25, -0.2) is 4.98 Å². The predicted octanol–water partition coefficient (Wildman–Crippen LogP) is 2.06. The number of aryl methyl sites for hydroxylation is 1. The molecule has 0 saturated carbocycles. The quantitative estimate of drug-likeness (QED) is 0.813. The molecule has 0 aliphatic carbocycles. The van der Waals surface area contributed by atoms with Crippen LogP contribution in [-0.4, -0.2) is 45.9 Å². The van der Waals surface area contributed by atoms with Gasteiger partial charge in [-0.1, -0.05) is 0 Å². The van der Waals surface area contributed by atoms with Crippen molar-refractivity contribution < 1.29 is 14.3 Å². The van der Waals surface area contributed by atoms with Gasteiger partial charge in [-0.15, -0.1) is 0 Å². The molecule has 0 spiro atoms. The van der Waals surface area contributed by atoms with Crippen LogP contribution < -0.4 is 0 Å². The molecule has 1 aliphatic heterocycles. The molecule has 0 atom stereocenters. The van der Waals surface area contributed by atoms with Crippen LogP contribution in [0.5, 0.6) is 0 Å². The first-order valence-corrected chi connectivity index (χ1v) is 7.99. The number of fused-ring (bicyclic) bond motifs is 1. The first-order valence-electron chi connectivity index (χ1n) is 7.99. The third-order valence-corrected chi connectivity index (χ3v) is 4.23. The number of piperidine rings is 1. The summed E-state index contributed by atoms with van der Waals surface area (Å²) in [5.41, 5.74) is 2.33. The highest BCUT2D eigenvalue weighted by molar-refractivity contribution is 5.95. The summed E-state index contributed by atoms with van der Waals surface area (Å²) in [5.74, 6) is -0.235. The molecule has 6 heteroatoms. The minimum Gasteiger partial charge on any atom is -0.466 e. The van der Waals surface area contributed by atoms with Crippen molar-refractivity contribution in [2.24, 2.45) is 5.92 Å². The molecule has 0 radical (unpaired) electrons. The number of amides is 1. The van der Waals surface area contributed by atoms with Crippen LogP contribution in [-0.2, 0) is 9.53 Å². The van der Waals surface area contributed by atoms with E-state index in [1.54, 1.807) is 4.90 Å². The van der Waals surface area contributed by atoms with Crippen LogP contribution in [0.1, 0.15) is 35.8 Å². The Balaban J connectivity index is 1.67. The normalized spacial score (nSPS) is 15.8. The fourth-order valence-corrected chi connectivity index (χ4v) is 3.00. The van der Waals surface area contributed by atoms with E-state index in [1.165, 1.54) is 0 Å². The maximum absolute atomic E-state index is 12.6. The van der Waals surface area contributed by atoms with E-state index in [-0.39, 0.29) is 17.8 Å². The summed E-state index contributed by atoms with van der Waals surface area (Å²) >= 11 is 0. The molecule has 122 valence electrons. The second-order valence-corrected chi connectivity index (χ2v) is 5.88. The number of nitrogens with zero attached hydrogens (tertiary/aromatic N) is 3. The summed E-state index contributed by atoms with van der Waals surface area (Å²) in [6, 6.07) is 3.63. The van der Waals surface area contributed by atoms with Crippen LogP contribution in [0.3, 0.4) is 0 Å². The van der Waals surface area contributed by atoms with E-state index in [4.69, 9.17) is 4.74 Å². The van der Waals surface area contributed by atoms with Crippen molar-refractivity contribution in [2.45, 2.75) is 26.7 Å². The molecular formula is C17H21N3O3. The lowest BCUT2D eigenvalue weighted by Crippen LogP contribution is -2.40. The van der Waals surface area contributed by atoms with Crippen molar-refractivity contribution in [1.29, 1.82) is 0 Å². The van der Waals surface area contributed by atoms with Gasteiger partial charge in [0, 0.05) is 31.0 Å². The smallest absolute Gasteiger partial charge is 0.309 e. The van der Waals surface area contributed by atoms with E-state index in [1.807, 2.05) is 42.8 Å². The van der Waals surface area contributed by atoms with E-state index in [0.717, 1.165) is 11.3 Å². The summed E-state index contributed by atoms with van der Waals surface area (Å²) in [5, 5.41) is 0. The molecule has 0 unspecified atom stereocenters. The second kappa shape index (κ2) is 6.40. The molecule has 3 rings (SSSR count). The van der Waals surface area contributed by atoms with Crippen LogP contribution in [0, 0.1) is 12.8 Å². The van der Waals surface area contributed by atoms with E-state index < -0.39 is 0 Å². The number of likely N-dealkylation sites (tertiary alicyclic amines) is 1. The second-order valence-electron chi connectivity index (χ2n) is 5.88. The fourth-order valence-electron chi connectivity index (χ4n) is 3.00. The highest BCUT2D eigenvalue weighted by Crippen LogP contribution is 2.21. The van der Waals surface area contributed by atoms with Gasteiger partial charge in [-0.2, -0.15) is 0 Å². The number of esters is 1. The predicted molar refractivity (Wildman–Crippen MR) is 85.2 cm³/mol. The number of imidazole rings is 1. The molecule has 1 amide bonds. The number of aromatic nitrogens is 2. The molecule has 0 aromatic carbocycles. The Morgan fingerprint density at radius 1 is 1.35 bits per heavy atom. The topological polar surface area (TPSA) is 63.9 Å². The summed E-state index contributed by atoms with van der Waals surface area (Å²) in [7, 11) is 0. The van der Waals surface area contributed by atoms with Crippen LogP contribution in [0.2, 0.25) is 0 Å². The molecule has 1 aliphatic rings. The maximum atomic E-state index is 12.6. The highest BCUT2D eigenvalue weighted by Gasteiger charge is 2.28.